The van der Waals surface area contributed by atoms with E-state index in [0.29, 0.717) is 18.3 Å². The van der Waals surface area contributed by atoms with Crippen LogP contribution in [0.1, 0.15) is 46.0 Å². The zero-order valence-electron chi connectivity index (χ0n) is 15.1. The second kappa shape index (κ2) is 5.62. The van der Waals surface area contributed by atoms with Crippen LogP contribution in [0.15, 0.2) is 23.8 Å². The van der Waals surface area contributed by atoms with E-state index in [1.165, 1.54) is 0 Å². The third kappa shape index (κ3) is 2.26. The maximum atomic E-state index is 12.3. The average molecular weight is 344 g/mol. The number of carbonyl (C=O) groups excluding carboxylic acids is 2. The number of carbonyl (C=O) groups is 2. The topological polar surface area (TPSA) is 74.6 Å². The molecule has 0 aliphatic heterocycles. The number of hydrogen-bond acceptors (Lipinski definition) is 4. The Morgan fingerprint density at radius 3 is 2.76 bits per heavy atom. The zero-order valence-corrected chi connectivity index (χ0v) is 15.1. The van der Waals surface area contributed by atoms with Gasteiger partial charge in [0.05, 0.1) is 6.10 Å². The molecule has 0 radical (unpaired) electrons. The lowest BCUT2D eigenvalue weighted by molar-refractivity contribution is -0.141. The Morgan fingerprint density at radius 1 is 1.28 bits per heavy atom. The van der Waals surface area contributed by atoms with Crippen LogP contribution >= 0.6 is 0 Å². The number of allylic oxidation sites excluding steroid dienone is 4. The van der Waals surface area contributed by atoms with E-state index in [-0.39, 0.29) is 34.2 Å². The smallest absolute Gasteiger partial charge is 0.178 e. The Kier molecular flexibility index (Phi) is 3.86. The van der Waals surface area contributed by atoms with Crippen LogP contribution in [0.5, 0.6) is 0 Å². The molecule has 0 unspecified atom stereocenters. The molecule has 3 fully saturated rings. The van der Waals surface area contributed by atoms with E-state index in [9.17, 15) is 19.8 Å². The molecule has 7 atom stereocenters. The third-order valence-electron chi connectivity index (χ3n) is 8.04. The van der Waals surface area contributed by atoms with E-state index in [0.717, 1.165) is 31.3 Å². The average Bonchev–Trinajstić information content (AvgIpc) is 2.91. The highest BCUT2D eigenvalue weighted by Gasteiger charge is 2.62. The minimum absolute atomic E-state index is 0.0514. The molecule has 2 N–H and O–H groups in total. The van der Waals surface area contributed by atoms with E-state index in [4.69, 9.17) is 0 Å². The number of hydrogen-bond donors (Lipinski definition) is 2. The first-order valence-corrected chi connectivity index (χ1v) is 9.57. The normalized spacial score (nSPS) is 48.4. The molecular weight excluding hydrogens is 316 g/mol. The van der Waals surface area contributed by atoms with Crippen LogP contribution in [0.2, 0.25) is 0 Å². The van der Waals surface area contributed by atoms with E-state index in [1.807, 2.05) is 6.08 Å². The van der Waals surface area contributed by atoms with Gasteiger partial charge < -0.3 is 10.2 Å². The Bertz CT molecular complexity index is 677. The number of fused-ring (bicyclic) bond motifs is 5. The van der Waals surface area contributed by atoms with E-state index < -0.39 is 12.7 Å². The molecule has 3 saturated carbocycles. The number of aliphatic hydroxyl groups is 2. The summed E-state index contributed by atoms with van der Waals surface area (Å²) in [5.74, 6) is 0.734. The van der Waals surface area contributed by atoms with E-state index >= 15 is 0 Å². The minimum atomic E-state index is -0.482. The maximum absolute atomic E-state index is 12.3. The first kappa shape index (κ1) is 17.2. The Morgan fingerprint density at radius 2 is 2.04 bits per heavy atom. The van der Waals surface area contributed by atoms with Crippen LogP contribution in [-0.2, 0) is 9.59 Å². The van der Waals surface area contributed by atoms with Gasteiger partial charge in [0.1, 0.15) is 6.61 Å². The highest BCUT2D eigenvalue weighted by molar-refractivity contribution is 6.01. The molecule has 0 bridgehead atoms. The second-order valence-electron chi connectivity index (χ2n) is 9.05. The number of ketones is 2. The molecule has 4 heteroatoms. The molecule has 4 aliphatic carbocycles. The second-order valence-corrected chi connectivity index (χ2v) is 9.05. The first-order chi connectivity index (χ1) is 11.8. The van der Waals surface area contributed by atoms with Gasteiger partial charge >= 0.3 is 0 Å². The molecule has 0 amide bonds. The van der Waals surface area contributed by atoms with Crippen molar-refractivity contribution in [1.29, 1.82) is 0 Å². The molecule has 0 aromatic rings. The number of Topliss-reactive ketones (excluding diaryl/α,β-unsaturated/α-hetero) is 1. The van der Waals surface area contributed by atoms with Crippen molar-refractivity contribution >= 4 is 11.6 Å². The lowest BCUT2D eigenvalue weighted by atomic mass is 9.46. The summed E-state index contributed by atoms with van der Waals surface area (Å²) in [5.41, 5.74) is 0.688. The SMILES string of the molecule is C[C@@]12C[C@@H](O)[C@H]3[C@H](CCC4=CC(=O)C=C[C@]43C)[C@@H]1CC[C@@H]2C(=O)CO. The van der Waals surface area contributed by atoms with Crippen molar-refractivity contribution in [2.24, 2.45) is 34.5 Å². The first-order valence-electron chi connectivity index (χ1n) is 9.57. The van der Waals surface area contributed by atoms with Gasteiger partial charge in [-0.1, -0.05) is 25.5 Å². The summed E-state index contributed by atoms with van der Waals surface area (Å²) in [6.45, 7) is 3.92. The third-order valence-corrected chi connectivity index (χ3v) is 8.04. The summed E-state index contributed by atoms with van der Waals surface area (Å²) in [6, 6.07) is 0. The van der Waals surface area contributed by atoms with Crippen LogP contribution < -0.4 is 0 Å². The van der Waals surface area contributed by atoms with Crippen molar-refractivity contribution in [2.45, 2.75) is 52.1 Å². The fourth-order valence-corrected chi connectivity index (χ4v) is 6.96. The molecule has 0 spiro atoms. The summed E-state index contributed by atoms with van der Waals surface area (Å²) >= 11 is 0. The molecule has 0 aromatic heterocycles. The van der Waals surface area contributed by atoms with E-state index in [2.05, 4.69) is 13.8 Å². The minimum Gasteiger partial charge on any atom is -0.393 e. The van der Waals surface area contributed by atoms with Crippen LogP contribution in [-0.4, -0.2) is 34.5 Å². The highest BCUT2D eigenvalue weighted by atomic mass is 16.3. The fourth-order valence-electron chi connectivity index (χ4n) is 6.96. The van der Waals surface area contributed by atoms with Gasteiger partial charge in [-0.05, 0) is 61.5 Å². The standard InChI is InChI=1S/C21H28O4/c1-20-8-7-13(23)9-12(20)3-4-14-15-5-6-16(18(25)11-22)21(15,2)10-17(24)19(14)20/h7-9,14-17,19,22,24H,3-6,10-11H2,1-2H3/t14-,15+,16-,17-,19-,20-,21-/m1/s1. The summed E-state index contributed by atoms with van der Waals surface area (Å²) in [4.78, 5) is 24.1. The Balaban J connectivity index is 1.71. The van der Waals surface area contributed by atoms with Gasteiger partial charge in [-0.15, -0.1) is 0 Å². The van der Waals surface area contributed by atoms with Crippen molar-refractivity contribution in [3.63, 3.8) is 0 Å². The molecule has 25 heavy (non-hydrogen) atoms. The summed E-state index contributed by atoms with van der Waals surface area (Å²) < 4.78 is 0. The molecule has 0 saturated heterocycles. The Hall–Kier alpha value is -1.26. The molecule has 136 valence electrons. The number of rotatable bonds is 2. The summed E-state index contributed by atoms with van der Waals surface area (Å²) in [7, 11) is 0. The van der Waals surface area contributed by atoms with Crippen LogP contribution in [0.3, 0.4) is 0 Å². The van der Waals surface area contributed by atoms with Gasteiger partial charge in [0, 0.05) is 17.3 Å². The van der Waals surface area contributed by atoms with Gasteiger partial charge in [-0.3, -0.25) is 9.59 Å². The summed E-state index contributed by atoms with van der Waals surface area (Å²) in [5, 5.41) is 20.5. The lowest BCUT2D eigenvalue weighted by Gasteiger charge is -2.58. The zero-order chi connectivity index (χ0) is 18.0. The molecule has 4 nitrogen and oxygen atoms in total. The predicted molar refractivity (Wildman–Crippen MR) is 93.6 cm³/mol. The molecule has 4 aliphatic rings. The van der Waals surface area contributed by atoms with Gasteiger partial charge in [0.15, 0.2) is 11.6 Å². The van der Waals surface area contributed by atoms with Gasteiger partial charge in [0.2, 0.25) is 0 Å². The molecule has 0 heterocycles. The van der Waals surface area contributed by atoms with Crippen molar-refractivity contribution in [3.05, 3.63) is 23.8 Å². The van der Waals surface area contributed by atoms with Crippen LogP contribution in [0.25, 0.3) is 0 Å². The molecular formula is C21H28O4. The van der Waals surface area contributed by atoms with Gasteiger partial charge in [-0.2, -0.15) is 0 Å². The summed E-state index contributed by atoms with van der Waals surface area (Å²) in [6.07, 6.45) is 9.25. The van der Waals surface area contributed by atoms with Crippen molar-refractivity contribution in [1.82, 2.24) is 0 Å². The van der Waals surface area contributed by atoms with Gasteiger partial charge in [0.25, 0.3) is 0 Å². The predicted octanol–water partition coefficient (Wildman–Crippen LogP) is 2.44. The lowest BCUT2D eigenvalue weighted by Crippen LogP contribution is -2.56. The molecule has 0 aromatic carbocycles. The van der Waals surface area contributed by atoms with Crippen molar-refractivity contribution in [2.75, 3.05) is 6.61 Å². The Labute approximate surface area is 149 Å². The maximum Gasteiger partial charge on any atom is 0.178 e. The molecule has 4 rings (SSSR count). The largest absolute Gasteiger partial charge is 0.393 e. The fraction of sp³-hybridized carbons (Fsp3) is 0.714. The number of aliphatic hydroxyl groups excluding tert-OH is 2. The van der Waals surface area contributed by atoms with Crippen molar-refractivity contribution < 1.29 is 19.8 Å². The highest BCUT2D eigenvalue weighted by Crippen LogP contribution is 2.65. The van der Waals surface area contributed by atoms with E-state index in [1.54, 1.807) is 12.2 Å². The van der Waals surface area contributed by atoms with Crippen LogP contribution in [0, 0.1) is 34.5 Å². The van der Waals surface area contributed by atoms with Crippen molar-refractivity contribution in [3.8, 4) is 0 Å². The monoisotopic (exact) mass is 344 g/mol. The van der Waals surface area contributed by atoms with Gasteiger partial charge in [-0.25, -0.2) is 0 Å². The quantitative estimate of drug-likeness (QED) is 0.807. The van der Waals surface area contributed by atoms with Crippen LogP contribution in [0.4, 0.5) is 0 Å².